The topological polar surface area (TPSA) is 75.2 Å². The van der Waals surface area contributed by atoms with Gasteiger partial charge in [-0.15, -0.1) is 0 Å². The van der Waals surface area contributed by atoms with E-state index in [1.807, 2.05) is 13.8 Å². The van der Waals surface area contributed by atoms with Gasteiger partial charge in [-0.3, -0.25) is 4.79 Å². The second-order valence-corrected chi connectivity index (χ2v) is 5.03. The second-order valence-electron chi connectivity index (χ2n) is 4.07. The predicted octanol–water partition coefficient (Wildman–Crippen LogP) is 2.31. The number of hydrogen-bond acceptors (Lipinski definition) is 5. The third-order valence-corrected chi connectivity index (χ3v) is 2.98. The number of aromatic hydroxyl groups is 1. The van der Waals surface area contributed by atoms with E-state index in [1.54, 1.807) is 18.2 Å². The maximum atomic E-state index is 11.4. The van der Waals surface area contributed by atoms with Gasteiger partial charge in [0.15, 0.2) is 5.16 Å². The highest BCUT2D eigenvalue weighted by Gasteiger charge is 2.09. The van der Waals surface area contributed by atoms with Crippen molar-refractivity contribution in [3.8, 4) is 5.75 Å². The summed E-state index contributed by atoms with van der Waals surface area (Å²) in [5.74, 6) is 0.129. The van der Waals surface area contributed by atoms with Crippen molar-refractivity contribution < 1.29 is 14.6 Å². The van der Waals surface area contributed by atoms with Crippen LogP contribution in [-0.2, 0) is 9.53 Å². The van der Waals surface area contributed by atoms with E-state index in [2.05, 4.69) is 9.97 Å². The maximum absolute atomic E-state index is 11.4. The Hall–Kier alpha value is -1.69. The fourth-order valence-corrected chi connectivity index (χ4v) is 2.13. The van der Waals surface area contributed by atoms with Gasteiger partial charge in [0.25, 0.3) is 0 Å². The van der Waals surface area contributed by atoms with Crippen molar-refractivity contribution in [2.45, 2.75) is 25.1 Å². The highest BCUT2D eigenvalue weighted by atomic mass is 32.2. The molecule has 2 aromatic rings. The Bertz CT molecular complexity index is 565. The Balaban J connectivity index is 2.02. The van der Waals surface area contributed by atoms with Crippen LogP contribution >= 0.6 is 11.8 Å². The Labute approximate surface area is 109 Å². The summed E-state index contributed by atoms with van der Waals surface area (Å²) in [6.45, 7) is 3.62. The number of benzene rings is 1. The van der Waals surface area contributed by atoms with Crippen LogP contribution in [0.4, 0.5) is 0 Å². The molecule has 0 radical (unpaired) electrons. The highest BCUT2D eigenvalue weighted by molar-refractivity contribution is 7.99. The van der Waals surface area contributed by atoms with E-state index >= 15 is 0 Å². The van der Waals surface area contributed by atoms with Gasteiger partial charge in [-0.25, -0.2) is 4.98 Å². The molecule has 2 N–H and O–H groups in total. The van der Waals surface area contributed by atoms with Crippen LogP contribution in [0.3, 0.4) is 0 Å². The van der Waals surface area contributed by atoms with Crippen molar-refractivity contribution in [1.29, 1.82) is 0 Å². The highest BCUT2D eigenvalue weighted by Crippen LogP contribution is 2.22. The molecule has 0 aliphatic carbocycles. The Kier molecular flexibility index (Phi) is 3.76. The van der Waals surface area contributed by atoms with Crippen molar-refractivity contribution in [3.63, 3.8) is 0 Å². The van der Waals surface area contributed by atoms with Crippen LogP contribution in [0.25, 0.3) is 11.0 Å². The lowest BCUT2D eigenvalue weighted by atomic mass is 10.3. The molecule has 0 amide bonds. The average molecular weight is 266 g/mol. The van der Waals surface area contributed by atoms with Crippen molar-refractivity contribution in [2.75, 3.05) is 5.75 Å². The number of hydrogen-bond donors (Lipinski definition) is 2. The van der Waals surface area contributed by atoms with Crippen molar-refractivity contribution in [2.24, 2.45) is 0 Å². The van der Waals surface area contributed by atoms with Crippen LogP contribution in [0.1, 0.15) is 13.8 Å². The molecule has 2 rings (SSSR count). The molecule has 0 bridgehead atoms. The lowest BCUT2D eigenvalue weighted by Crippen LogP contribution is -2.13. The number of aromatic amines is 1. The largest absolute Gasteiger partial charge is 0.508 e. The number of esters is 1. The molecule has 0 saturated carbocycles. The molecule has 1 heterocycles. The summed E-state index contributed by atoms with van der Waals surface area (Å²) >= 11 is 1.28. The molecule has 18 heavy (non-hydrogen) atoms. The lowest BCUT2D eigenvalue weighted by molar-refractivity contribution is -0.144. The number of aromatic nitrogens is 2. The number of rotatable bonds is 4. The molecule has 0 aliphatic heterocycles. The third kappa shape index (κ3) is 3.16. The number of H-pyrrole nitrogens is 1. The van der Waals surface area contributed by atoms with Crippen molar-refractivity contribution in [3.05, 3.63) is 18.2 Å². The summed E-state index contributed by atoms with van der Waals surface area (Å²) in [5, 5.41) is 9.96. The van der Waals surface area contributed by atoms with Crippen LogP contribution < -0.4 is 0 Å². The Morgan fingerprint density at radius 2 is 2.33 bits per heavy atom. The molecular weight excluding hydrogens is 252 g/mol. The molecule has 0 unspecified atom stereocenters. The fourth-order valence-electron chi connectivity index (χ4n) is 1.47. The third-order valence-electron chi connectivity index (χ3n) is 2.14. The standard InChI is InChI=1S/C12H14N2O3S/c1-7(2)17-11(16)6-18-12-13-9-4-3-8(15)5-10(9)14-12/h3-5,7,15H,6H2,1-2H3,(H,13,14). The van der Waals surface area contributed by atoms with E-state index < -0.39 is 0 Å². The number of carbonyl (C=O) groups excluding carboxylic acids is 1. The first-order valence-corrected chi connectivity index (χ1v) is 6.54. The molecule has 96 valence electrons. The van der Waals surface area contributed by atoms with Gasteiger partial charge in [-0.1, -0.05) is 11.8 Å². The van der Waals surface area contributed by atoms with Gasteiger partial charge in [0.1, 0.15) is 5.75 Å². The van der Waals surface area contributed by atoms with E-state index in [0.717, 1.165) is 11.0 Å². The number of carbonyl (C=O) groups is 1. The van der Waals surface area contributed by atoms with Gasteiger partial charge < -0.3 is 14.8 Å². The van der Waals surface area contributed by atoms with Gasteiger partial charge >= 0.3 is 5.97 Å². The van der Waals surface area contributed by atoms with Gasteiger partial charge in [0.05, 0.1) is 22.9 Å². The van der Waals surface area contributed by atoms with Gasteiger partial charge in [0.2, 0.25) is 0 Å². The lowest BCUT2D eigenvalue weighted by Gasteiger charge is -2.06. The smallest absolute Gasteiger partial charge is 0.316 e. The molecule has 0 atom stereocenters. The number of fused-ring (bicyclic) bond motifs is 1. The molecule has 1 aromatic carbocycles. The number of phenols is 1. The summed E-state index contributed by atoms with van der Waals surface area (Å²) < 4.78 is 5.02. The minimum atomic E-state index is -0.265. The number of nitrogens with one attached hydrogen (secondary N) is 1. The monoisotopic (exact) mass is 266 g/mol. The van der Waals surface area contributed by atoms with E-state index in [9.17, 15) is 9.90 Å². The summed E-state index contributed by atoms with van der Waals surface area (Å²) in [7, 11) is 0. The number of thioether (sulfide) groups is 1. The van der Waals surface area contributed by atoms with Crippen LogP contribution in [0.5, 0.6) is 5.75 Å². The van der Waals surface area contributed by atoms with E-state index in [0.29, 0.717) is 5.16 Å². The summed E-state index contributed by atoms with van der Waals surface area (Å²) in [6.07, 6.45) is -0.106. The number of imidazole rings is 1. The predicted molar refractivity (Wildman–Crippen MR) is 69.7 cm³/mol. The molecule has 0 fully saturated rings. The SMILES string of the molecule is CC(C)OC(=O)CSc1nc2ccc(O)cc2[nH]1. The van der Waals surface area contributed by atoms with E-state index in [4.69, 9.17) is 4.74 Å². The fraction of sp³-hybridized carbons (Fsp3) is 0.333. The summed E-state index contributed by atoms with van der Waals surface area (Å²) in [4.78, 5) is 18.7. The minimum Gasteiger partial charge on any atom is -0.508 e. The normalized spacial score (nSPS) is 11.1. The summed E-state index contributed by atoms with van der Waals surface area (Å²) in [6, 6.07) is 4.89. The van der Waals surface area contributed by atoms with E-state index in [1.165, 1.54) is 11.8 Å². The van der Waals surface area contributed by atoms with E-state index in [-0.39, 0.29) is 23.6 Å². The van der Waals surface area contributed by atoms with Crippen LogP contribution in [0.2, 0.25) is 0 Å². The van der Waals surface area contributed by atoms with Crippen molar-refractivity contribution in [1.82, 2.24) is 9.97 Å². The minimum absolute atomic E-state index is 0.106. The molecule has 1 aromatic heterocycles. The number of nitrogens with zero attached hydrogens (tertiary/aromatic N) is 1. The van der Waals surface area contributed by atoms with Gasteiger partial charge in [-0.2, -0.15) is 0 Å². The van der Waals surface area contributed by atoms with Crippen molar-refractivity contribution >= 4 is 28.8 Å². The average Bonchev–Trinajstić information content (AvgIpc) is 2.67. The Morgan fingerprint density at radius 1 is 1.56 bits per heavy atom. The Morgan fingerprint density at radius 3 is 3.06 bits per heavy atom. The number of ether oxygens (including phenoxy) is 1. The molecular formula is C12H14N2O3S. The number of phenolic OH excluding ortho intramolecular Hbond substituents is 1. The molecule has 0 aliphatic rings. The molecule has 0 spiro atoms. The maximum Gasteiger partial charge on any atom is 0.316 e. The first kappa shape index (κ1) is 12.8. The zero-order valence-corrected chi connectivity index (χ0v) is 11.0. The quantitative estimate of drug-likeness (QED) is 0.656. The molecule has 5 nitrogen and oxygen atoms in total. The zero-order valence-electron chi connectivity index (χ0n) is 10.1. The molecule has 6 heteroatoms. The zero-order chi connectivity index (χ0) is 13.1. The summed E-state index contributed by atoms with van der Waals surface area (Å²) in [5.41, 5.74) is 1.50. The first-order chi connectivity index (χ1) is 8.54. The van der Waals surface area contributed by atoms with Crippen LogP contribution in [0.15, 0.2) is 23.4 Å². The molecule has 0 saturated heterocycles. The first-order valence-electron chi connectivity index (χ1n) is 5.55. The van der Waals surface area contributed by atoms with Gasteiger partial charge in [-0.05, 0) is 26.0 Å². The van der Waals surface area contributed by atoms with Gasteiger partial charge in [0, 0.05) is 6.07 Å². The van der Waals surface area contributed by atoms with Crippen LogP contribution in [-0.4, -0.2) is 32.9 Å². The van der Waals surface area contributed by atoms with Crippen LogP contribution in [0, 0.1) is 0 Å². The second kappa shape index (κ2) is 5.30.